The van der Waals surface area contributed by atoms with E-state index in [1.165, 1.54) is 32.1 Å². The van der Waals surface area contributed by atoms with Gasteiger partial charge in [-0.3, -0.25) is 4.79 Å². The number of carbonyl (C=O) groups excluding carboxylic acids is 1. The molecule has 0 unspecified atom stereocenters. The molecule has 36 heavy (non-hydrogen) atoms. The smallest absolute Gasteiger partial charge is 0.222 e. The Morgan fingerprint density at radius 1 is 1.03 bits per heavy atom. The van der Waals surface area contributed by atoms with Crippen LogP contribution >= 0.6 is 0 Å². The van der Waals surface area contributed by atoms with Crippen LogP contribution in [0.4, 0.5) is 0 Å². The molecule has 8 atom stereocenters. The van der Waals surface area contributed by atoms with E-state index in [9.17, 15) is 15.0 Å². The minimum Gasteiger partial charge on any atom is -0.393 e. The predicted molar refractivity (Wildman–Crippen MR) is 145 cm³/mol. The highest BCUT2D eigenvalue weighted by atomic mass is 16.3. The maximum atomic E-state index is 13.1. The molecule has 0 bridgehead atoms. The first-order chi connectivity index (χ1) is 17.0. The number of likely N-dealkylation sites (tertiary alicyclic amines) is 1. The van der Waals surface area contributed by atoms with E-state index < -0.39 is 5.60 Å². The van der Waals surface area contributed by atoms with Crippen molar-refractivity contribution in [1.29, 1.82) is 0 Å². The molecule has 4 aliphatic carbocycles. The first-order valence-electron chi connectivity index (χ1n) is 15.4. The van der Waals surface area contributed by atoms with E-state index in [0.717, 1.165) is 49.4 Å². The minimum absolute atomic E-state index is 0.125. The van der Waals surface area contributed by atoms with Gasteiger partial charge in [-0.05, 0) is 117 Å². The second kappa shape index (κ2) is 9.70. The van der Waals surface area contributed by atoms with Gasteiger partial charge in [0.15, 0.2) is 0 Å². The molecule has 2 N–H and O–H groups in total. The molecule has 1 saturated heterocycles. The van der Waals surface area contributed by atoms with Crippen molar-refractivity contribution in [2.75, 3.05) is 13.1 Å². The van der Waals surface area contributed by atoms with E-state index in [0.29, 0.717) is 55.0 Å². The zero-order valence-corrected chi connectivity index (χ0v) is 23.8. The Morgan fingerprint density at radius 3 is 2.44 bits per heavy atom. The SMILES string of the molecule is CC(C)C1(O)CCN(C(=O)CC[C@@H](C)[C@H]2CC[C@H]3[C@@H]4CC=C5C[C@@H](O)CC[C@]5(C)[C@H]4CC[C@]23C)CC1. The minimum atomic E-state index is -0.597. The van der Waals surface area contributed by atoms with Crippen LogP contribution in [0.3, 0.4) is 0 Å². The van der Waals surface area contributed by atoms with Crippen molar-refractivity contribution in [3.05, 3.63) is 11.6 Å². The number of carbonyl (C=O) groups is 1. The molecule has 5 rings (SSSR count). The van der Waals surface area contributed by atoms with Gasteiger partial charge in [0.2, 0.25) is 5.91 Å². The van der Waals surface area contributed by atoms with E-state index in [-0.39, 0.29) is 12.0 Å². The van der Waals surface area contributed by atoms with E-state index in [2.05, 4.69) is 40.7 Å². The van der Waals surface area contributed by atoms with Gasteiger partial charge >= 0.3 is 0 Å². The molecular weight excluding hydrogens is 446 g/mol. The zero-order chi connectivity index (χ0) is 25.9. The van der Waals surface area contributed by atoms with E-state index in [1.807, 2.05) is 4.90 Å². The highest BCUT2D eigenvalue weighted by Crippen LogP contribution is 2.67. The number of allylic oxidation sites excluding steroid dienone is 1. The summed E-state index contributed by atoms with van der Waals surface area (Å²) in [5.74, 6) is 4.29. The van der Waals surface area contributed by atoms with Crippen molar-refractivity contribution in [2.45, 2.75) is 123 Å². The summed E-state index contributed by atoms with van der Waals surface area (Å²) in [6.07, 6.45) is 15.2. The lowest BCUT2D eigenvalue weighted by Gasteiger charge is -2.58. The molecule has 1 heterocycles. The number of piperidine rings is 1. The number of aliphatic hydroxyl groups is 2. The van der Waals surface area contributed by atoms with Crippen molar-refractivity contribution in [1.82, 2.24) is 4.90 Å². The summed E-state index contributed by atoms with van der Waals surface area (Å²) in [6.45, 7) is 13.1. The van der Waals surface area contributed by atoms with Crippen molar-refractivity contribution in [2.24, 2.45) is 46.3 Å². The van der Waals surface area contributed by atoms with Crippen molar-refractivity contribution >= 4 is 5.91 Å². The monoisotopic (exact) mass is 499 g/mol. The van der Waals surface area contributed by atoms with Crippen molar-refractivity contribution < 1.29 is 15.0 Å². The van der Waals surface area contributed by atoms with Crippen LogP contribution in [0.2, 0.25) is 0 Å². The number of nitrogens with zero attached hydrogens (tertiary/aromatic N) is 1. The third-order valence-electron chi connectivity index (χ3n) is 12.7. The molecule has 0 aromatic heterocycles. The molecule has 4 heteroatoms. The lowest BCUT2D eigenvalue weighted by Crippen LogP contribution is -2.51. The Morgan fingerprint density at radius 2 is 1.75 bits per heavy atom. The normalized spacial score (nSPS) is 42.8. The van der Waals surface area contributed by atoms with Crippen LogP contribution in [0.15, 0.2) is 11.6 Å². The topological polar surface area (TPSA) is 60.8 Å². The zero-order valence-electron chi connectivity index (χ0n) is 23.8. The van der Waals surface area contributed by atoms with Gasteiger partial charge in [-0.1, -0.05) is 46.3 Å². The van der Waals surface area contributed by atoms with Crippen LogP contribution < -0.4 is 0 Å². The molecule has 0 radical (unpaired) electrons. The van der Waals surface area contributed by atoms with Gasteiger partial charge in [-0.15, -0.1) is 0 Å². The van der Waals surface area contributed by atoms with Gasteiger partial charge in [-0.2, -0.15) is 0 Å². The van der Waals surface area contributed by atoms with Gasteiger partial charge in [0.25, 0.3) is 0 Å². The first-order valence-corrected chi connectivity index (χ1v) is 15.4. The van der Waals surface area contributed by atoms with Gasteiger partial charge in [0.05, 0.1) is 11.7 Å². The maximum absolute atomic E-state index is 13.1. The molecule has 1 amide bonds. The Balaban J connectivity index is 1.19. The lowest BCUT2D eigenvalue weighted by molar-refractivity contribution is -0.137. The summed E-state index contributed by atoms with van der Waals surface area (Å²) < 4.78 is 0. The second-order valence-electron chi connectivity index (χ2n) is 14.5. The van der Waals surface area contributed by atoms with Crippen LogP contribution in [0.5, 0.6) is 0 Å². The van der Waals surface area contributed by atoms with Crippen LogP contribution in [-0.2, 0) is 4.79 Å². The molecule has 5 aliphatic rings. The first kappa shape index (κ1) is 26.7. The molecule has 204 valence electrons. The second-order valence-corrected chi connectivity index (χ2v) is 14.5. The summed E-state index contributed by atoms with van der Waals surface area (Å²) in [7, 11) is 0. The number of fused-ring (bicyclic) bond motifs is 5. The lowest BCUT2D eigenvalue weighted by atomic mass is 9.47. The van der Waals surface area contributed by atoms with Crippen molar-refractivity contribution in [3.8, 4) is 0 Å². The number of hydrogen-bond donors (Lipinski definition) is 2. The molecule has 0 spiro atoms. The van der Waals surface area contributed by atoms with Crippen LogP contribution in [-0.4, -0.2) is 45.8 Å². The van der Waals surface area contributed by atoms with Crippen LogP contribution in [0.25, 0.3) is 0 Å². The highest BCUT2D eigenvalue weighted by molar-refractivity contribution is 5.76. The molecule has 1 aliphatic heterocycles. The highest BCUT2D eigenvalue weighted by Gasteiger charge is 2.59. The summed E-state index contributed by atoms with van der Waals surface area (Å²) in [5, 5.41) is 21.1. The van der Waals surface area contributed by atoms with Gasteiger partial charge in [0.1, 0.15) is 0 Å². The Labute approximate surface area is 220 Å². The molecule has 3 saturated carbocycles. The van der Waals surface area contributed by atoms with Crippen LogP contribution in [0.1, 0.15) is 112 Å². The largest absolute Gasteiger partial charge is 0.393 e. The standard InChI is InChI=1S/C32H53NO3/c1-21(2)32(36)16-18-33(19-17-32)29(35)11-6-22(3)26-9-10-27-25-8-7-23-20-24(34)12-14-30(23,4)28(25)13-15-31(26,27)5/h7,21-22,24-28,34,36H,6,8-20H2,1-5H3/t22-,24+,25+,26-,27+,28+,30+,31-/m1/s1. The molecule has 4 nitrogen and oxygen atoms in total. The summed E-state index contributed by atoms with van der Waals surface area (Å²) >= 11 is 0. The average Bonchev–Trinajstić information content (AvgIpc) is 3.20. The fourth-order valence-corrected chi connectivity index (χ4v) is 10.0. The average molecular weight is 500 g/mol. The number of amides is 1. The molecule has 0 aromatic rings. The van der Waals surface area contributed by atoms with Gasteiger partial charge < -0.3 is 15.1 Å². The fraction of sp³-hybridized carbons (Fsp3) is 0.906. The molecule has 0 aromatic carbocycles. The van der Waals surface area contributed by atoms with Gasteiger partial charge in [-0.25, -0.2) is 0 Å². The summed E-state index contributed by atoms with van der Waals surface area (Å²) in [5.41, 5.74) is 1.70. The maximum Gasteiger partial charge on any atom is 0.222 e. The summed E-state index contributed by atoms with van der Waals surface area (Å²) in [4.78, 5) is 15.1. The number of aliphatic hydroxyl groups excluding tert-OH is 1. The van der Waals surface area contributed by atoms with E-state index in [1.54, 1.807) is 5.57 Å². The van der Waals surface area contributed by atoms with E-state index >= 15 is 0 Å². The Hall–Kier alpha value is -0.870. The Bertz CT molecular complexity index is 857. The quantitative estimate of drug-likeness (QED) is 0.433. The van der Waals surface area contributed by atoms with E-state index in [4.69, 9.17) is 0 Å². The van der Waals surface area contributed by atoms with Gasteiger partial charge in [0, 0.05) is 19.5 Å². The number of rotatable bonds is 5. The Kier molecular flexibility index (Phi) is 7.20. The fourth-order valence-electron chi connectivity index (χ4n) is 10.0. The predicted octanol–water partition coefficient (Wildman–Crippen LogP) is 6.35. The third kappa shape index (κ3) is 4.40. The molecule has 4 fully saturated rings. The third-order valence-corrected chi connectivity index (χ3v) is 12.7. The van der Waals surface area contributed by atoms with Crippen LogP contribution in [0, 0.1) is 46.3 Å². The molecular formula is C32H53NO3. The number of hydrogen-bond acceptors (Lipinski definition) is 3. The summed E-state index contributed by atoms with van der Waals surface area (Å²) in [6, 6.07) is 0. The van der Waals surface area contributed by atoms with Crippen molar-refractivity contribution in [3.63, 3.8) is 0 Å².